The minimum absolute atomic E-state index is 0.0525. The van der Waals surface area contributed by atoms with Crippen LogP contribution in [0.2, 0.25) is 0 Å². The molecule has 0 aromatic heterocycles. The average Bonchev–Trinajstić information content (AvgIpc) is 2.46. The first-order chi connectivity index (χ1) is 9.39. The van der Waals surface area contributed by atoms with Crippen molar-refractivity contribution in [3.05, 3.63) is 0 Å². The number of Topliss-reactive ketones (excluding diaryl/α,β-unsaturated/α-hetero) is 1. The summed E-state index contributed by atoms with van der Waals surface area (Å²) < 4.78 is 23.5. The molecule has 5 heteroatoms. The van der Waals surface area contributed by atoms with Gasteiger partial charge in [0.05, 0.1) is 5.25 Å². The van der Waals surface area contributed by atoms with E-state index in [1.54, 1.807) is 0 Å². The van der Waals surface area contributed by atoms with Gasteiger partial charge in [-0.05, 0) is 45.1 Å². The van der Waals surface area contributed by atoms with Crippen molar-refractivity contribution in [2.75, 3.05) is 19.3 Å². The fourth-order valence-electron chi connectivity index (χ4n) is 3.86. The van der Waals surface area contributed by atoms with Crippen LogP contribution in [0.5, 0.6) is 0 Å². The van der Waals surface area contributed by atoms with E-state index in [4.69, 9.17) is 0 Å². The van der Waals surface area contributed by atoms with Gasteiger partial charge in [0.2, 0.25) is 0 Å². The molecule has 20 heavy (non-hydrogen) atoms. The zero-order valence-corrected chi connectivity index (χ0v) is 13.5. The van der Waals surface area contributed by atoms with E-state index in [0.29, 0.717) is 12.2 Å². The van der Waals surface area contributed by atoms with Gasteiger partial charge in [0.1, 0.15) is 15.6 Å². The molecule has 2 aliphatic rings. The smallest absolute Gasteiger partial charge is 0.150 e. The summed E-state index contributed by atoms with van der Waals surface area (Å²) in [6.45, 7) is 3.84. The lowest BCUT2D eigenvalue weighted by Crippen LogP contribution is -2.48. The van der Waals surface area contributed by atoms with Gasteiger partial charge in [0, 0.05) is 24.1 Å². The van der Waals surface area contributed by atoms with E-state index in [-0.39, 0.29) is 16.6 Å². The van der Waals surface area contributed by atoms with Crippen LogP contribution in [0.25, 0.3) is 0 Å². The van der Waals surface area contributed by atoms with Crippen molar-refractivity contribution in [1.82, 2.24) is 5.32 Å². The highest BCUT2D eigenvalue weighted by Crippen LogP contribution is 2.39. The van der Waals surface area contributed by atoms with Crippen LogP contribution in [0, 0.1) is 11.3 Å². The van der Waals surface area contributed by atoms with E-state index in [0.717, 1.165) is 51.6 Å². The van der Waals surface area contributed by atoms with Gasteiger partial charge in [-0.25, -0.2) is 8.42 Å². The zero-order chi connectivity index (χ0) is 14.8. The van der Waals surface area contributed by atoms with Crippen LogP contribution in [0.4, 0.5) is 0 Å². The highest BCUT2D eigenvalue weighted by Gasteiger charge is 2.43. The second-order valence-corrected chi connectivity index (χ2v) is 8.92. The maximum absolute atomic E-state index is 12.9. The molecule has 4 nitrogen and oxygen atoms in total. The van der Waals surface area contributed by atoms with Gasteiger partial charge < -0.3 is 5.32 Å². The molecule has 1 aliphatic heterocycles. The van der Waals surface area contributed by atoms with Gasteiger partial charge in [-0.3, -0.25) is 4.79 Å². The standard InChI is InChI=1S/C15H27NO3S/c1-3-15(8-5-9-16-11-15)14(17)12-6-4-7-13(10-12)20(2,18)19/h12-13,16H,3-11H2,1-2H3. The van der Waals surface area contributed by atoms with E-state index in [1.165, 1.54) is 6.26 Å². The molecule has 0 aromatic rings. The van der Waals surface area contributed by atoms with E-state index in [1.807, 2.05) is 0 Å². The minimum atomic E-state index is -3.02. The number of piperidine rings is 1. The summed E-state index contributed by atoms with van der Waals surface area (Å²) in [6.07, 6.45) is 7.16. The lowest BCUT2D eigenvalue weighted by molar-refractivity contribution is -0.135. The topological polar surface area (TPSA) is 63.2 Å². The van der Waals surface area contributed by atoms with Crippen molar-refractivity contribution in [2.45, 2.75) is 57.1 Å². The van der Waals surface area contributed by atoms with Gasteiger partial charge in [-0.1, -0.05) is 13.3 Å². The van der Waals surface area contributed by atoms with Gasteiger partial charge in [0.15, 0.2) is 0 Å². The normalized spacial score (nSPS) is 35.7. The first kappa shape index (κ1) is 16.0. The lowest BCUT2D eigenvalue weighted by atomic mass is 9.68. The van der Waals surface area contributed by atoms with Gasteiger partial charge >= 0.3 is 0 Å². The van der Waals surface area contributed by atoms with E-state index >= 15 is 0 Å². The number of rotatable bonds is 4. The first-order valence-corrected chi connectivity index (χ1v) is 9.78. The first-order valence-electron chi connectivity index (χ1n) is 7.83. The highest BCUT2D eigenvalue weighted by atomic mass is 32.2. The van der Waals surface area contributed by atoms with Crippen molar-refractivity contribution in [2.24, 2.45) is 11.3 Å². The number of carbonyl (C=O) groups is 1. The predicted octanol–water partition coefficient (Wildman–Crippen LogP) is 1.94. The summed E-state index contributed by atoms with van der Waals surface area (Å²) in [5, 5.41) is 3.04. The second kappa shape index (κ2) is 6.14. The fraction of sp³-hybridized carbons (Fsp3) is 0.933. The van der Waals surface area contributed by atoms with Crippen molar-refractivity contribution >= 4 is 15.6 Å². The molecule has 0 amide bonds. The maximum atomic E-state index is 12.9. The molecule has 3 atom stereocenters. The van der Waals surface area contributed by atoms with Crippen molar-refractivity contribution in [3.63, 3.8) is 0 Å². The fourth-order valence-corrected chi connectivity index (χ4v) is 5.04. The Morgan fingerprint density at radius 3 is 2.60 bits per heavy atom. The molecule has 0 aromatic carbocycles. The number of ketones is 1. The average molecular weight is 301 g/mol. The lowest BCUT2D eigenvalue weighted by Gasteiger charge is -2.40. The highest BCUT2D eigenvalue weighted by molar-refractivity contribution is 7.91. The molecule has 1 aliphatic carbocycles. The summed E-state index contributed by atoms with van der Waals surface area (Å²) >= 11 is 0. The van der Waals surface area contributed by atoms with Gasteiger partial charge in [-0.15, -0.1) is 0 Å². The molecule has 3 unspecified atom stereocenters. The molecule has 2 rings (SSSR count). The van der Waals surface area contributed by atoms with E-state index in [2.05, 4.69) is 12.2 Å². The Labute approximate surface area is 122 Å². The zero-order valence-electron chi connectivity index (χ0n) is 12.7. The van der Waals surface area contributed by atoms with Gasteiger partial charge in [-0.2, -0.15) is 0 Å². The summed E-state index contributed by atoms with van der Waals surface area (Å²) in [7, 11) is -3.02. The molecule has 1 saturated carbocycles. The largest absolute Gasteiger partial charge is 0.316 e. The van der Waals surface area contributed by atoms with Crippen LogP contribution in [0.3, 0.4) is 0 Å². The monoisotopic (exact) mass is 301 g/mol. The molecule has 0 spiro atoms. The predicted molar refractivity (Wildman–Crippen MR) is 80.4 cm³/mol. The molecular weight excluding hydrogens is 274 g/mol. The number of hydrogen-bond acceptors (Lipinski definition) is 4. The third-order valence-corrected chi connectivity index (χ3v) is 6.91. The van der Waals surface area contributed by atoms with Crippen molar-refractivity contribution < 1.29 is 13.2 Å². The summed E-state index contributed by atoms with van der Waals surface area (Å²) in [4.78, 5) is 12.9. The van der Waals surface area contributed by atoms with Crippen LogP contribution in [-0.2, 0) is 14.6 Å². The van der Waals surface area contributed by atoms with E-state index < -0.39 is 9.84 Å². The molecule has 0 radical (unpaired) electrons. The molecule has 2 fully saturated rings. The Kier molecular flexibility index (Phi) is 4.90. The van der Waals surface area contributed by atoms with E-state index in [9.17, 15) is 13.2 Å². The Balaban J connectivity index is 2.11. The van der Waals surface area contributed by atoms with Crippen molar-refractivity contribution in [1.29, 1.82) is 0 Å². The van der Waals surface area contributed by atoms with Crippen LogP contribution < -0.4 is 5.32 Å². The van der Waals surface area contributed by atoms with Crippen LogP contribution in [-0.4, -0.2) is 38.8 Å². The third-order valence-electron chi connectivity index (χ3n) is 5.27. The Bertz CT molecular complexity index is 452. The minimum Gasteiger partial charge on any atom is -0.316 e. The van der Waals surface area contributed by atoms with Crippen LogP contribution in [0.15, 0.2) is 0 Å². The summed E-state index contributed by atoms with van der Waals surface area (Å²) in [6, 6.07) is 0. The Hall–Kier alpha value is -0.420. The van der Waals surface area contributed by atoms with Crippen molar-refractivity contribution in [3.8, 4) is 0 Å². The molecular formula is C15H27NO3S. The number of nitrogens with one attached hydrogen (secondary N) is 1. The molecule has 0 bridgehead atoms. The summed E-state index contributed by atoms with van der Waals surface area (Å²) in [5.41, 5.74) is -0.248. The molecule has 1 saturated heterocycles. The Morgan fingerprint density at radius 1 is 1.30 bits per heavy atom. The number of hydrogen-bond donors (Lipinski definition) is 1. The number of carbonyl (C=O) groups excluding carboxylic acids is 1. The molecule has 1 N–H and O–H groups in total. The van der Waals surface area contributed by atoms with Gasteiger partial charge in [0.25, 0.3) is 0 Å². The molecule has 1 heterocycles. The van der Waals surface area contributed by atoms with Crippen LogP contribution >= 0.6 is 0 Å². The SMILES string of the molecule is CCC1(C(=O)C2CCCC(S(C)(=O)=O)C2)CCCNC1. The number of sulfone groups is 1. The Morgan fingerprint density at radius 2 is 2.05 bits per heavy atom. The van der Waals surface area contributed by atoms with Crippen LogP contribution in [0.1, 0.15) is 51.9 Å². The third kappa shape index (κ3) is 3.25. The molecule has 116 valence electrons. The maximum Gasteiger partial charge on any atom is 0.150 e. The summed E-state index contributed by atoms with van der Waals surface area (Å²) in [5.74, 6) is 0.267. The quantitative estimate of drug-likeness (QED) is 0.862. The second-order valence-electron chi connectivity index (χ2n) is 6.59.